The zero-order chi connectivity index (χ0) is 11.3. The van der Waals surface area contributed by atoms with Crippen molar-refractivity contribution in [2.24, 2.45) is 10.7 Å². The first-order valence-electron chi connectivity index (χ1n) is 4.04. The van der Waals surface area contributed by atoms with Crippen LogP contribution in [-0.2, 0) is 0 Å². The number of nitrogens with two attached hydrogens (primary N) is 2. The quantitative estimate of drug-likeness (QED) is 0.688. The largest absolute Gasteiger partial charge is 0.405 e. The van der Waals surface area contributed by atoms with Crippen molar-refractivity contribution in [3.8, 4) is 6.07 Å². The highest BCUT2D eigenvalue weighted by molar-refractivity contribution is 5.75. The Bertz CT molecular complexity index is 459. The van der Waals surface area contributed by atoms with Gasteiger partial charge >= 0.3 is 0 Å². The summed E-state index contributed by atoms with van der Waals surface area (Å²) in [7, 11) is 0. The standard InChI is InChI=1S/C9H10N6/c1-7(13-4-2-3-10)15-9(12)8(5-11)6-14-15/h2-4,6H,1,10,12H2/b3-2-,13-4?. The lowest BCUT2D eigenvalue weighted by Gasteiger charge is -2.00. The summed E-state index contributed by atoms with van der Waals surface area (Å²) in [5, 5.41) is 12.5. The molecule has 15 heavy (non-hydrogen) atoms. The van der Waals surface area contributed by atoms with Crippen LogP contribution in [0.25, 0.3) is 5.82 Å². The summed E-state index contributed by atoms with van der Waals surface area (Å²) >= 11 is 0. The molecule has 0 unspecified atom stereocenters. The lowest BCUT2D eigenvalue weighted by atomic mass is 10.4. The Balaban J connectivity index is 2.93. The molecule has 0 aromatic carbocycles. The molecule has 0 saturated carbocycles. The van der Waals surface area contributed by atoms with E-state index in [0.29, 0.717) is 11.4 Å². The van der Waals surface area contributed by atoms with Gasteiger partial charge in [0.2, 0.25) is 0 Å². The van der Waals surface area contributed by atoms with E-state index >= 15 is 0 Å². The predicted molar refractivity (Wildman–Crippen MR) is 58.5 cm³/mol. The van der Waals surface area contributed by atoms with Crippen LogP contribution in [-0.4, -0.2) is 16.0 Å². The lowest BCUT2D eigenvalue weighted by Crippen LogP contribution is -2.02. The fourth-order valence-electron chi connectivity index (χ4n) is 0.883. The number of aliphatic imine (C=N–C) groups is 1. The van der Waals surface area contributed by atoms with Gasteiger partial charge in [0.15, 0.2) is 0 Å². The Morgan fingerprint density at radius 1 is 1.73 bits per heavy atom. The molecule has 76 valence electrons. The molecule has 0 radical (unpaired) electrons. The van der Waals surface area contributed by atoms with Crippen molar-refractivity contribution in [1.82, 2.24) is 9.78 Å². The molecular weight excluding hydrogens is 192 g/mol. The normalized spacial score (nSPS) is 10.9. The van der Waals surface area contributed by atoms with Crippen molar-refractivity contribution in [1.29, 1.82) is 5.26 Å². The second kappa shape index (κ2) is 4.62. The fourth-order valence-corrected chi connectivity index (χ4v) is 0.883. The van der Waals surface area contributed by atoms with Gasteiger partial charge in [-0.2, -0.15) is 15.0 Å². The molecular formula is C9H10N6. The minimum atomic E-state index is 0.219. The second-order valence-corrected chi connectivity index (χ2v) is 2.55. The molecule has 6 nitrogen and oxygen atoms in total. The molecule has 0 spiro atoms. The highest BCUT2D eigenvalue weighted by atomic mass is 15.3. The highest BCUT2D eigenvalue weighted by Gasteiger charge is 2.07. The van der Waals surface area contributed by atoms with E-state index < -0.39 is 0 Å². The Morgan fingerprint density at radius 2 is 2.47 bits per heavy atom. The summed E-state index contributed by atoms with van der Waals surface area (Å²) in [6.07, 6.45) is 5.68. The zero-order valence-corrected chi connectivity index (χ0v) is 7.96. The van der Waals surface area contributed by atoms with Gasteiger partial charge in [-0.05, 0) is 12.3 Å². The molecule has 0 saturated heterocycles. The summed E-state index contributed by atoms with van der Waals surface area (Å²) in [5.41, 5.74) is 11.0. The smallest absolute Gasteiger partial charge is 0.148 e. The van der Waals surface area contributed by atoms with Crippen molar-refractivity contribution >= 4 is 17.9 Å². The Kier molecular flexibility index (Phi) is 3.24. The summed E-state index contributed by atoms with van der Waals surface area (Å²) < 4.78 is 1.28. The van der Waals surface area contributed by atoms with Gasteiger partial charge in [0.05, 0.1) is 6.20 Å². The van der Waals surface area contributed by atoms with Crippen LogP contribution in [0.3, 0.4) is 0 Å². The minimum Gasteiger partial charge on any atom is -0.405 e. The maximum absolute atomic E-state index is 8.65. The minimum absolute atomic E-state index is 0.219. The van der Waals surface area contributed by atoms with Crippen LogP contribution < -0.4 is 11.5 Å². The van der Waals surface area contributed by atoms with Gasteiger partial charge in [-0.3, -0.25) is 0 Å². The summed E-state index contributed by atoms with van der Waals surface area (Å²) in [6.45, 7) is 3.64. The Morgan fingerprint density at radius 3 is 3.00 bits per heavy atom. The molecule has 0 atom stereocenters. The molecule has 0 bridgehead atoms. The molecule has 6 heteroatoms. The third-order valence-corrected chi connectivity index (χ3v) is 1.59. The summed E-state index contributed by atoms with van der Waals surface area (Å²) in [5.74, 6) is 0.531. The number of hydrogen-bond donors (Lipinski definition) is 2. The predicted octanol–water partition coefficient (Wildman–Crippen LogP) is 0.308. The van der Waals surface area contributed by atoms with Crippen molar-refractivity contribution in [3.63, 3.8) is 0 Å². The Labute approximate surface area is 86.8 Å². The molecule has 1 aromatic rings. The van der Waals surface area contributed by atoms with Gasteiger partial charge in [-0.1, -0.05) is 6.58 Å². The molecule has 1 heterocycles. The van der Waals surface area contributed by atoms with E-state index in [1.165, 1.54) is 29.4 Å². The molecule has 0 fully saturated rings. The number of aromatic nitrogens is 2. The molecule has 1 rings (SSSR count). The molecule has 0 aliphatic heterocycles. The van der Waals surface area contributed by atoms with Gasteiger partial charge in [-0.15, -0.1) is 0 Å². The van der Waals surface area contributed by atoms with Crippen molar-refractivity contribution in [2.75, 3.05) is 5.73 Å². The first kappa shape index (κ1) is 10.5. The first-order valence-corrected chi connectivity index (χ1v) is 4.04. The number of rotatable bonds is 3. The van der Waals surface area contributed by atoms with Crippen LogP contribution in [0.2, 0.25) is 0 Å². The van der Waals surface area contributed by atoms with E-state index in [4.69, 9.17) is 16.7 Å². The number of allylic oxidation sites excluding steroid dienone is 1. The topological polar surface area (TPSA) is 106 Å². The Hall–Kier alpha value is -2.55. The van der Waals surface area contributed by atoms with Gasteiger partial charge in [0.25, 0.3) is 0 Å². The van der Waals surface area contributed by atoms with E-state index in [9.17, 15) is 0 Å². The number of nitriles is 1. The van der Waals surface area contributed by atoms with E-state index in [-0.39, 0.29) is 5.82 Å². The molecule has 0 aliphatic carbocycles. The molecule has 0 amide bonds. The summed E-state index contributed by atoms with van der Waals surface area (Å²) in [4.78, 5) is 3.92. The van der Waals surface area contributed by atoms with Crippen LogP contribution in [0.15, 0.2) is 30.0 Å². The van der Waals surface area contributed by atoms with Gasteiger partial charge in [0, 0.05) is 6.21 Å². The van der Waals surface area contributed by atoms with Gasteiger partial charge in [-0.25, -0.2) is 4.99 Å². The monoisotopic (exact) mass is 202 g/mol. The van der Waals surface area contributed by atoms with E-state index in [2.05, 4.69) is 16.7 Å². The third-order valence-electron chi connectivity index (χ3n) is 1.59. The number of anilines is 1. The van der Waals surface area contributed by atoms with E-state index in [0.717, 1.165) is 0 Å². The van der Waals surface area contributed by atoms with E-state index in [1.807, 2.05) is 6.07 Å². The summed E-state index contributed by atoms with van der Waals surface area (Å²) in [6, 6.07) is 1.90. The highest BCUT2D eigenvalue weighted by Crippen LogP contribution is 2.13. The number of nitrogens with zero attached hydrogens (tertiary/aromatic N) is 4. The van der Waals surface area contributed by atoms with Crippen molar-refractivity contribution in [3.05, 3.63) is 30.6 Å². The fraction of sp³-hybridized carbons (Fsp3) is 0. The molecule has 0 aliphatic rings. The second-order valence-electron chi connectivity index (χ2n) is 2.55. The van der Waals surface area contributed by atoms with Crippen LogP contribution in [0.5, 0.6) is 0 Å². The maximum atomic E-state index is 8.65. The van der Waals surface area contributed by atoms with Crippen molar-refractivity contribution in [2.45, 2.75) is 0 Å². The number of nitrogen functional groups attached to an aromatic ring is 1. The van der Waals surface area contributed by atoms with Crippen LogP contribution in [0.1, 0.15) is 5.56 Å². The van der Waals surface area contributed by atoms with Crippen LogP contribution in [0, 0.1) is 11.3 Å². The molecule has 4 N–H and O–H groups in total. The average Bonchev–Trinajstić information content (AvgIpc) is 2.60. The SMILES string of the molecule is C=C(N=C/C=C\N)n1ncc(C#N)c1N. The van der Waals surface area contributed by atoms with Crippen LogP contribution >= 0.6 is 0 Å². The zero-order valence-electron chi connectivity index (χ0n) is 7.96. The number of hydrogen-bond acceptors (Lipinski definition) is 5. The third kappa shape index (κ3) is 2.22. The average molecular weight is 202 g/mol. The van der Waals surface area contributed by atoms with E-state index in [1.54, 1.807) is 0 Å². The van der Waals surface area contributed by atoms with Crippen molar-refractivity contribution < 1.29 is 0 Å². The van der Waals surface area contributed by atoms with Gasteiger partial charge < -0.3 is 11.5 Å². The lowest BCUT2D eigenvalue weighted by molar-refractivity contribution is 0.902. The molecule has 1 aromatic heterocycles. The first-order chi connectivity index (χ1) is 7.20. The maximum Gasteiger partial charge on any atom is 0.148 e. The van der Waals surface area contributed by atoms with Crippen LogP contribution in [0.4, 0.5) is 5.82 Å². The van der Waals surface area contributed by atoms with Gasteiger partial charge in [0.1, 0.15) is 23.3 Å².